The monoisotopic (exact) mass is 473 g/mol. The first-order chi connectivity index (χ1) is 15.8. The zero-order valence-electron chi connectivity index (χ0n) is 18.4. The van der Waals surface area contributed by atoms with Crippen LogP contribution in [0.3, 0.4) is 0 Å². The predicted molar refractivity (Wildman–Crippen MR) is 125 cm³/mol. The molecule has 33 heavy (non-hydrogen) atoms. The van der Waals surface area contributed by atoms with Crippen LogP contribution >= 0.6 is 11.6 Å². The van der Waals surface area contributed by atoms with Gasteiger partial charge in [0.05, 0.1) is 5.02 Å². The van der Waals surface area contributed by atoms with Gasteiger partial charge in [-0.25, -0.2) is 8.78 Å². The van der Waals surface area contributed by atoms with Gasteiger partial charge in [-0.1, -0.05) is 23.7 Å². The van der Waals surface area contributed by atoms with Crippen molar-refractivity contribution in [2.75, 3.05) is 25.0 Å². The first kappa shape index (κ1) is 23.4. The highest BCUT2D eigenvalue weighted by Crippen LogP contribution is 2.30. The average Bonchev–Trinajstić information content (AvgIpc) is 3.07. The molecule has 3 aliphatic heterocycles. The van der Waals surface area contributed by atoms with E-state index in [4.69, 9.17) is 11.6 Å². The molecule has 0 spiro atoms. The van der Waals surface area contributed by atoms with Crippen molar-refractivity contribution in [3.8, 4) is 0 Å². The number of piperidine rings is 1. The molecule has 8 heteroatoms. The standard InChI is InChI=1S/C25H26ClF2N3O2/c1-16(32)29-24-11-22(26)23(28)10-19(24)5-9-25(33)31-14-18-4-8-21(31)15-30(13-18)12-17-2-6-20(27)7-3-17/h2-3,5-7,9-11,18,21H,4,8,12-15H2,1H3,(H,29,32)/b9-5+. The average molecular weight is 474 g/mol. The summed E-state index contributed by atoms with van der Waals surface area (Å²) >= 11 is 5.85. The van der Waals surface area contributed by atoms with Gasteiger partial charge in [-0.05, 0) is 54.7 Å². The van der Waals surface area contributed by atoms with Crippen molar-refractivity contribution in [1.29, 1.82) is 0 Å². The van der Waals surface area contributed by atoms with Crippen molar-refractivity contribution in [1.82, 2.24) is 9.80 Å². The van der Waals surface area contributed by atoms with E-state index in [2.05, 4.69) is 10.2 Å². The SMILES string of the molecule is CC(=O)Nc1cc(Cl)c(F)cc1/C=C/C(=O)N1CC2CCC1CN(Cc1ccc(F)cc1)C2. The number of nitrogens with one attached hydrogen (secondary N) is 1. The maximum absolute atomic E-state index is 14.0. The normalized spacial score (nSPS) is 20.8. The molecule has 174 valence electrons. The highest BCUT2D eigenvalue weighted by atomic mass is 35.5. The summed E-state index contributed by atoms with van der Waals surface area (Å²) in [6, 6.07) is 9.16. The number of halogens is 3. The molecule has 2 atom stereocenters. The lowest BCUT2D eigenvalue weighted by Crippen LogP contribution is -2.46. The number of carbonyl (C=O) groups excluding carboxylic acids is 2. The second-order valence-electron chi connectivity index (χ2n) is 8.78. The van der Waals surface area contributed by atoms with Crippen LogP contribution in [0.1, 0.15) is 30.9 Å². The number of amides is 2. The van der Waals surface area contributed by atoms with Crippen molar-refractivity contribution < 1.29 is 18.4 Å². The summed E-state index contributed by atoms with van der Waals surface area (Å²) in [7, 11) is 0. The van der Waals surface area contributed by atoms with Crippen molar-refractivity contribution in [2.24, 2.45) is 5.92 Å². The number of fused-ring (bicyclic) bond motifs is 4. The van der Waals surface area contributed by atoms with Gasteiger partial charge in [-0.2, -0.15) is 0 Å². The van der Waals surface area contributed by atoms with E-state index in [9.17, 15) is 18.4 Å². The van der Waals surface area contributed by atoms with Gasteiger partial charge in [0, 0.05) is 56.5 Å². The summed E-state index contributed by atoms with van der Waals surface area (Å²) in [6.07, 6.45) is 4.94. The second-order valence-corrected chi connectivity index (χ2v) is 9.18. The number of anilines is 1. The van der Waals surface area contributed by atoms with Crippen molar-refractivity contribution >= 4 is 35.2 Å². The molecular weight excluding hydrogens is 448 g/mol. The lowest BCUT2D eigenvalue weighted by molar-refractivity contribution is -0.129. The van der Waals surface area contributed by atoms with E-state index in [1.807, 2.05) is 4.90 Å². The summed E-state index contributed by atoms with van der Waals surface area (Å²) < 4.78 is 27.2. The van der Waals surface area contributed by atoms with E-state index in [1.165, 1.54) is 43.3 Å². The van der Waals surface area contributed by atoms with Gasteiger partial charge in [0.1, 0.15) is 11.6 Å². The number of hydrogen-bond donors (Lipinski definition) is 1. The lowest BCUT2D eigenvalue weighted by atomic mass is 9.95. The highest BCUT2D eigenvalue weighted by molar-refractivity contribution is 6.31. The molecule has 3 heterocycles. The van der Waals surface area contributed by atoms with Gasteiger partial charge in [-0.3, -0.25) is 14.5 Å². The summed E-state index contributed by atoms with van der Waals surface area (Å²) in [6.45, 7) is 4.37. The molecule has 2 bridgehead atoms. The molecule has 2 unspecified atom stereocenters. The van der Waals surface area contributed by atoms with Crippen molar-refractivity contribution in [3.05, 3.63) is 70.3 Å². The molecule has 3 aliphatic rings. The lowest BCUT2D eigenvalue weighted by Gasteiger charge is -2.35. The topological polar surface area (TPSA) is 52.7 Å². The number of nitrogens with zero attached hydrogens (tertiary/aromatic N) is 2. The van der Waals surface area contributed by atoms with E-state index >= 15 is 0 Å². The van der Waals surface area contributed by atoms with Gasteiger partial charge < -0.3 is 10.2 Å². The zero-order valence-corrected chi connectivity index (χ0v) is 19.1. The van der Waals surface area contributed by atoms with E-state index in [0.29, 0.717) is 23.7 Å². The Morgan fingerprint density at radius 3 is 2.61 bits per heavy atom. The predicted octanol–water partition coefficient (Wildman–Crippen LogP) is 4.71. The van der Waals surface area contributed by atoms with Gasteiger partial charge in [0.25, 0.3) is 0 Å². The van der Waals surface area contributed by atoms with Crippen LogP contribution in [0.25, 0.3) is 6.08 Å². The molecule has 1 N–H and O–H groups in total. The quantitative estimate of drug-likeness (QED) is 0.640. The van der Waals surface area contributed by atoms with Crippen molar-refractivity contribution in [3.63, 3.8) is 0 Å². The minimum absolute atomic E-state index is 0.0816. The Labute approximate surface area is 197 Å². The summed E-state index contributed by atoms with van der Waals surface area (Å²) in [5, 5.41) is 2.51. The smallest absolute Gasteiger partial charge is 0.246 e. The molecule has 5 nitrogen and oxygen atoms in total. The second kappa shape index (κ2) is 10.0. The van der Waals surface area contributed by atoms with Gasteiger partial charge in [-0.15, -0.1) is 0 Å². The Balaban J connectivity index is 1.47. The van der Waals surface area contributed by atoms with Crippen LogP contribution in [0.4, 0.5) is 14.5 Å². The van der Waals surface area contributed by atoms with E-state index in [0.717, 1.165) is 38.0 Å². The molecule has 0 saturated carbocycles. The molecule has 0 aromatic heterocycles. The number of hydrogen-bond acceptors (Lipinski definition) is 3. The number of carbonyl (C=O) groups is 2. The molecule has 2 amide bonds. The van der Waals surface area contributed by atoms with Crippen LogP contribution in [0, 0.1) is 17.6 Å². The van der Waals surface area contributed by atoms with Crippen LogP contribution in [-0.4, -0.2) is 47.3 Å². The molecular formula is C25H26ClF2N3O2. The Hall–Kier alpha value is -2.77. The van der Waals surface area contributed by atoms with Crippen molar-refractivity contribution in [2.45, 2.75) is 32.4 Å². The van der Waals surface area contributed by atoms with Gasteiger partial charge >= 0.3 is 0 Å². The maximum Gasteiger partial charge on any atom is 0.246 e. The molecule has 5 rings (SSSR count). The summed E-state index contributed by atoms with van der Waals surface area (Å²) in [5.41, 5.74) is 1.77. The third kappa shape index (κ3) is 5.78. The third-order valence-corrected chi connectivity index (χ3v) is 6.49. The van der Waals surface area contributed by atoms with E-state index in [-0.39, 0.29) is 28.7 Å². The Morgan fingerprint density at radius 1 is 1.12 bits per heavy atom. The first-order valence-corrected chi connectivity index (χ1v) is 11.4. The van der Waals surface area contributed by atoms with Gasteiger partial charge in [0.15, 0.2) is 0 Å². The molecule has 0 aliphatic carbocycles. The van der Waals surface area contributed by atoms with E-state index < -0.39 is 5.82 Å². The van der Waals surface area contributed by atoms with E-state index in [1.54, 1.807) is 12.1 Å². The molecule has 0 radical (unpaired) electrons. The minimum atomic E-state index is -0.622. The minimum Gasteiger partial charge on any atom is -0.335 e. The Bertz CT molecular complexity index is 1070. The fourth-order valence-corrected chi connectivity index (χ4v) is 4.84. The third-order valence-electron chi connectivity index (χ3n) is 6.20. The van der Waals surface area contributed by atoms with Crippen LogP contribution < -0.4 is 5.32 Å². The molecule has 3 fully saturated rings. The summed E-state index contributed by atoms with van der Waals surface area (Å²) in [5.74, 6) is -0.963. The van der Waals surface area contributed by atoms with Gasteiger partial charge in [0.2, 0.25) is 11.8 Å². The molecule has 2 aromatic rings. The largest absolute Gasteiger partial charge is 0.335 e. The van der Waals surface area contributed by atoms with Crippen LogP contribution in [-0.2, 0) is 16.1 Å². The first-order valence-electron chi connectivity index (χ1n) is 11.0. The maximum atomic E-state index is 14.0. The van der Waals surface area contributed by atoms with Crippen LogP contribution in [0.5, 0.6) is 0 Å². The highest BCUT2D eigenvalue weighted by Gasteiger charge is 2.36. The zero-order chi connectivity index (χ0) is 23.5. The Morgan fingerprint density at radius 2 is 1.88 bits per heavy atom. The number of rotatable bonds is 5. The fourth-order valence-electron chi connectivity index (χ4n) is 4.68. The fraction of sp³-hybridized carbons (Fsp3) is 0.360. The van der Waals surface area contributed by atoms with Crippen LogP contribution in [0.15, 0.2) is 42.5 Å². The summed E-state index contributed by atoms with van der Waals surface area (Å²) in [4.78, 5) is 28.8. The Kier molecular flexibility index (Phi) is 7.10. The molecule has 2 aromatic carbocycles. The van der Waals surface area contributed by atoms with Crippen LogP contribution in [0.2, 0.25) is 5.02 Å². The molecule has 3 saturated heterocycles. The number of benzene rings is 2.